The fourth-order valence-electron chi connectivity index (χ4n) is 8.55. The van der Waals surface area contributed by atoms with E-state index in [1.807, 2.05) is 11.0 Å². The first-order chi connectivity index (χ1) is 22.0. The topological polar surface area (TPSA) is 88.8 Å². The molecule has 3 fully saturated rings. The third-order valence-corrected chi connectivity index (χ3v) is 11.2. The highest BCUT2D eigenvalue weighted by atomic mass is 16.5. The molecule has 3 unspecified atom stereocenters. The zero-order valence-electron chi connectivity index (χ0n) is 26.8. The number of nitrogens with zero attached hydrogens (tertiary/aromatic N) is 7. The van der Waals surface area contributed by atoms with Crippen LogP contribution in [0.4, 0.5) is 5.82 Å². The average molecular weight is 610 g/mol. The Balaban J connectivity index is 1.14. The average Bonchev–Trinajstić information content (AvgIpc) is 3.81. The van der Waals surface area contributed by atoms with Crippen LogP contribution < -0.4 is 9.64 Å². The van der Waals surface area contributed by atoms with Crippen molar-refractivity contribution in [2.45, 2.75) is 81.7 Å². The summed E-state index contributed by atoms with van der Waals surface area (Å²) >= 11 is 0. The number of anilines is 1. The van der Waals surface area contributed by atoms with E-state index in [1.165, 1.54) is 36.0 Å². The molecule has 0 bridgehead atoms. The zero-order chi connectivity index (χ0) is 30.8. The summed E-state index contributed by atoms with van der Waals surface area (Å²) in [5.74, 6) is 0.945. The van der Waals surface area contributed by atoms with E-state index < -0.39 is 0 Å². The lowest BCUT2D eigenvalue weighted by atomic mass is 9.69. The summed E-state index contributed by atoms with van der Waals surface area (Å²) in [4.78, 5) is 32.4. The summed E-state index contributed by atoms with van der Waals surface area (Å²) in [5.41, 5.74) is 5.42. The van der Waals surface area contributed by atoms with Crippen molar-refractivity contribution in [1.29, 1.82) is 5.26 Å². The molecule has 7 rings (SSSR count). The first kappa shape index (κ1) is 30.2. The molecular weight excluding hydrogens is 562 g/mol. The molecule has 1 aromatic carbocycles. The highest BCUT2D eigenvalue weighted by Gasteiger charge is 2.43. The molecule has 4 heterocycles. The number of aromatic nitrogens is 2. The van der Waals surface area contributed by atoms with Crippen LogP contribution in [0.2, 0.25) is 0 Å². The van der Waals surface area contributed by atoms with E-state index in [9.17, 15) is 10.1 Å². The van der Waals surface area contributed by atoms with Crippen molar-refractivity contribution in [2.24, 2.45) is 0 Å². The quantitative estimate of drug-likeness (QED) is 0.417. The Morgan fingerprint density at radius 3 is 2.73 bits per heavy atom. The third-order valence-electron chi connectivity index (χ3n) is 11.2. The Morgan fingerprint density at radius 2 is 1.91 bits per heavy atom. The largest absolute Gasteiger partial charge is 0.462 e. The van der Waals surface area contributed by atoms with Gasteiger partial charge in [-0.1, -0.05) is 30.3 Å². The van der Waals surface area contributed by atoms with Crippen LogP contribution in [0, 0.1) is 11.3 Å². The Labute approximate surface area is 267 Å². The highest BCUT2D eigenvalue weighted by molar-refractivity contribution is 5.88. The van der Waals surface area contributed by atoms with Gasteiger partial charge in [-0.05, 0) is 95.6 Å². The molecule has 0 saturated carbocycles. The molecule has 45 heavy (non-hydrogen) atoms. The van der Waals surface area contributed by atoms with E-state index in [0.29, 0.717) is 44.7 Å². The highest BCUT2D eigenvalue weighted by Crippen LogP contribution is 2.48. The van der Waals surface area contributed by atoms with E-state index in [-0.39, 0.29) is 17.4 Å². The normalized spacial score (nSPS) is 26.8. The van der Waals surface area contributed by atoms with Crippen molar-refractivity contribution in [2.75, 3.05) is 64.4 Å². The van der Waals surface area contributed by atoms with E-state index in [1.54, 1.807) is 6.08 Å². The maximum Gasteiger partial charge on any atom is 0.318 e. The van der Waals surface area contributed by atoms with Crippen LogP contribution in [0.5, 0.6) is 6.01 Å². The lowest BCUT2D eigenvalue weighted by Gasteiger charge is -2.42. The van der Waals surface area contributed by atoms with Crippen LogP contribution in [-0.4, -0.2) is 102 Å². The van der Waals surface area contributed by atoms with Crippen molar-refractivity contribution in [3.05, 3.63) is 58.8 Å². The number of aryl methyl sites for hydroxylation is 1. The van der Waals surface area contributed by atoms with Gasteiger partial charge in [-0.2, -0.15) is 15.2 Å². The molecule has 5 aliphatic rings. The predicted octanol–water partition coefficient (Wildman–Crippen LogP) is 3.91. The van der Waals surface area contributed by atoms with E-state index in [2.05, 4.69) is 52.1 Å². The van der Waals surface area contributed by atoms with Crippen molar-refractivity contribution in [3.8, 4) is 12.1 Å². The van der Waals surface area contributed by atoms with Crippen molar-refractivity contribution < 1.29 is 9.53 Å². The van der Waals surface area contributed by atoms with Crippen molar-refractivity contribution in [3.63, 3.8) is 0 Å². The van der Waals surface area contributed by atoms with Gasteiger partial charge in [0.15, 0.2) is 0 Å². The summed E-state index contributed by atoms with van der Waals surface area (Å²) in [7, 11) is 2.17. The van der Waals surface area contributed by atoms with Gasteiger partial charge in [0.05, 0.1) is 24.2 Å². The molecule has 3 saturated heterocycles. The van der Waals surface area contributed by atoms with Crippen LogP contribution in [0.1, 0.15) is 67.3 Å². The Kier molecular flexibility index (Phi) is 8.78. The van der Waals surface area contributed by atoms with Crippen LogP contribution in [-0.2, 0) is 29.5 Å². The lowest BCUT2D eigenvalue weighted by Crippen LogP contribution is -2.55. The van der Waals surface area contributed by atoms with Gasteiger partial charge in [0.1, 0.15) is 12.4 Å². The predicted molar refractivity (Wildman–Crippen MR) is 174 cm³/mol. The van der Waals surface area contributed by atoms with Crippen molar-refractivity contribution >= 4 is 11.7 Å². The second kappa shape index (κ2) is 13.1. The molecule has 2 aromatic rings. The molecule has 3 aliphatic heterocycles. The van der Waals surface area contributed by atoms with Crippen molar-refractivity contribution in [1.82, 2.24) is 24.7 Å². The number of hydrogen-bond donors (Lipinski definition) is 0. The molecule has 3 atom stereocenters. The van der Waals surface area contributed by atoms with Crippen LogP contribution in [0.3, 0.4) is 0 Å². The monoisotopic (exact) mass is 609 g/mol. The van der Waals surface area contributed by atoms with Gasteiger partial charge < -0.3 is 19.4 Å². The molecular formula is C36H47N7O2. The van der Waals surface area contributed by atoms with Gasteiger partial charge >= 0.3 is 6.01 Å². The number of amides is 1. The number of nitriles is 1. The summed E-state index contributed by atoms with van der Waals surface area (Å²) in [6.45, 7) is 6.54. The Hall–Kier alpha value is -3.48. The standard InChI is InChI=1S/C36H47N7O2/c1-40-18-6-9-29(40)26-45-35-38-32-24-36(15-12-27-8-2-3-10-31(27)36)16-13-30(32)34(39-35)42-22-23-43(28(25-42)14-17-37)33(44)11-7-21-41-19-4-5-20-41/h2-3,7-8,10-11,28-29H,4-6,9,12-16,18-26H2,1H3/b11-7+. The van der Waals surface area contributed by atoms with Gasteiger partial charge in [-0.15, -0.1) is 0 Å². The molecule has 1 amide bonds. The SMILES string of the molecule is CN1CCCC1COc1nc2c(c(N3CCN(C(=O)/C=C/CN4CCCC4)C(CC#N)C3)n1)CCC1(CCc3ccccc31)C2. The van der Waals surface area contributed by atoms with Gasteiger partial charge in [-0.25, -0.2) is 0 Å². The number of piperazine rings is 1. The lowest BCUT2D eigenvalue weighted by molar-refractivity contribution is -0.128. The number of rotatable bonds is 8. The molecule has 9 heteroatoms. The number of ether oxygens (including phenoxy) is 1. The molecule has 1 spiro atoms. The number of hydrogen-bond acceptors (Lipinski definition) is 8. The molecule has 238 valence electrons. The fourth-order valence-corrected chi connectivity index (χ4v) is 8.55. The first-order valence-electron chi connectivity index (χ1n) is 17.2. The number of carbonyl (C=O) groups is 1. The second-order valence-corrected chi connectivity index (χ2v) is 13.9. The number of likely N-dealkylation sites (N-methyl/N-ethyl adjacent to an activating group) is 1. The smallest absolute Gasteiger partial charge is 0.318 e. The van der Waals surface area contributed by atoms with E-state index in [0.717, 1.165) is 76.2 Å². The number of likely N-dealkylation sites (tertiary alicyclic amines) is 2. The summed E-state index contributed by atoms with van der Waals surface area (Å²) in [6.07, 6.45) is 14.0. The Bertz CT molecular complexity index is 1460. The summed E-state index contributed by atoms with van der Waals surface area (Å²) < 4.78 is 6.38. The molecule has 2 aliphatic carbocycles. The molecule has 1 aromatic heterocycles. The Morgan fingerprint density at radius 1 is 1.07 bits per heavy atom. The van der Waals surface area contributed by atoms with Crippen LogP contribution in [0.15, 0.2) is 36.4 Å². The second-order valence-electron chi connectivity index (χ2n) is 13.9. The number of carbonyl (C=O) groups excluding carboxylic acids is 1. The van der Waals surface area contributed by atoms with E-state index >= 15 is 0 Å². The van der Waals surface area contributed by atoms with E-state index in [4.69, 9.17) is 14.7 Å². The maximum atomic E-state index is 13.3. The minimum Gasteiger partial charge on any atom is -0.462 e. The minimum atomic E-state index is -0.188. The maximum absolute atomic E-state index is 13.3. The number of benzene rings is 1. The van der Waals surface area contributed by atoms with Gasteiger partial charge in [0.25, 0.3) is 0 Å². The number of fused-ring (bicyclic) bond motifs is 3. The summed E-state index contributed by atoms with van der Waals surface area (Å²) in [5, 5.41) is 9.74. The van der Waals surface area contributed by atoms with Crippen LogP contribution >= 0.6 is 0 Å². The molecule has 0 radical (unpaired) electrons. The third kappa shape index (κ3) is 6.19. The summed E-state index contributed by atoms with van der Waals surface area (Å²) in [6, 6.07) is 12.0. The van der Waals surface area contributed by atoms with Gasteiger partial charge in [0, 0.05) is 49.3 Å². The van der Waals surface area contributed by atoms with Gasteiger partial charge in [-0.3, -0.25) is 9.69 Å². The van der Waals surface area contributed by atoms with Gasteiger partial charge in [0.2, 0.25) is 5.91 Å². The first-order valence-corrected chi connectivity index (χ1v) is 17.2. The minimum absolute atomic E-state index is 0.00496. The zero-order valence-corrected chi connectivity index (χ0v) is 26.8. The van der Waals surface area contributed by atoms with Crippen LogP contribution in [0.25, 0.3) is 0 Å². The fraction of sp³-hybridized carbons (Fsp3) is 0.611. The molecule has 9 nitrogen and oxygen atoms in total. The molecule has 0 N–H and O–H groups in total.